The molecule has 0 saturated heterocycles. The molecule has 0 aliphatic heterocycles. The van der Waals surface area contributed by atoms with E-state index < -0.39 is 34.1 Å². The highest BCUT2D eigenvalue weighted by molar-refractivity contribution is 7.91. The Kier molecular flexibility index (Phi) is 6.68. The number of ether oxygens (including phenoxy) is 2. The van der Waals surface area contributed by atoms with Gasteiger partial charge in [0.1, 0.15) is 5.75 Å². The van der Waals surface area contributed by atoms with Gasteiger partial charge in [-0.05, 0) is 35.0 Å². The molecule has 3 aromatic carbocycles. The van der Waals surface area contributed by atoms with E-state index in [0.29, 0.717) is 11.4 Å². The predicted molar refractivity (Wildman–Crippen MR) is 113 cm³/mol. The molecule has 3 rings (SSSR count). The van der Waals surface area contributed by atoms with Crippen molar-refractivity contribution in [3.63, 3.8) is 0 Å². The van der Waals surface area contributed by atoms with Gasteiger partial charge in [-0.2, -0.15) is 0 Å². The topological polar surface area (TPSA) is 98.8 Å². The summed E-state index contributed by atoms with van der Waals surface area (Å²) < 4.78 is 35.1. The van der Waals surface area contributed by atoms with Crippen LogP contribution < -0.4 is 10.1 Å². The molecule has 0 aliphatic rings. The molecule has 8 heteroatoms. The fraction of sp³-hybridized carbons (Fsp3) is 0.182. The summed E-state index contributed by atoms with van der Waals surface area (Å²) in [5.74, 6) is -1.25. The Balaban J connectivity index is 1.52. The Morgan fingerprint density at radius 1 is 0.933 bits per heavy atom. The van der Waals surface area contributed by atoms with Crippen molar-refractivity contribution < 1.29 is 27.5 Å². The first-order valence-electron chi connectivity index (χ1n) is 9.19. The average Bonchev–Trinajstić information content (AvgIpc) is 2.76. The van der Waals surface area contributed by atoms with Crippen molar-refractivity contribution in [1.82, 2.24) is 0 Å². The number of carbonyl (C=O) groups is 2. The Bertz CT molecular complexity index is 1170. The molecule has 0 heterocycles. The lowest BCUT2D eigenvalue weighted by atomic mass is 10.1. The van der Waals surface area contributed by atoms with Crippen molar-refractivity contribution in [1.29, 1.82) is 0 Å². The fourth-order valence-electron chi connectivity index (χ4n) is 2.85. The zero-order chi connectivity index (χ0) is 21.6. The third-order valence-corrected chi connectivity index (χ3v) is 6.11. The molecule has 0 aliphatic carbocycles. The molecule has 1 N–H and O–H groups in total. The van der Waals surface area contributed by atoms with Crippen LogP contribution in [0.3, 0.4) is 0 Å². The monoisotopic (exact) mass is 427 g/mol. The highest BCUT2D eigenvalue weighted by Gasteiger charge is 2.18. The quantitative estimate of drug-likeness (QED) is 0.555. The Morgan fingerprint density at radius 2 is 1.63 bits per heavy atom. The average molecular weight is 427 g/mol. The van der Waals surface area contributed by atoms with Crippen LogP contribution in [0.4, 0.5) is 5.69 Å². The molecule has 0 bridgehead atoms. The van der Waals surface area contributed by atoms with Gasteiger partial charge in [0.25, 0.3) is 5.91 Å². The number of anilines is 1. The van der Waals surface area contributed by atoms with Gasteiger partial charge in [-0.1, -0.05) is 42.5 Å². The molecule has 0 atom stereocenters. The van der Waals surface area contributed by atoms with Crippen molar-refractivity contribution >= 4 is 38.2 Å². The molecular formula is C22H21NO6S. The summed E-state index contributed by atoms with van der Waals surface area (Å²) in [5.41, 5.74) is 0.444. The number of hydrogen-bond acceptors (Lipinski definition) is 6. The largest absolute Gasteiger partial charge is 0.495 e. The standard InChI is InChI=1S/C22H21NO6S/c1-28-20-9-5-4-8-19(20)23-21(24)15-29-22(25)12-13-30(26,27)18-11-10-16-6-2-3-7-17(16)14-18/h2-11,14H,12-13,15H2,1H3,(H,23,24). The van der Waals surface area contributed by atoms with E-state index in [-0.39, 0.29) is 11.3 Å². The van der Waals surface area contributed by atoms with Crippen molar-refractivity contribution in [2.45, 2.75) is 11.3 Å². The molecule has 0 radical (unpaired) electrons. The van der Waals surface area contributed by atoms with Crippen LogP contribution in [0.1, 0.15) is 6.42 Å². The normalized spacial score (nSPS) is 11.1. The van der Waals surface area contributed by atoms with Gasteiger partial charge in [0.05, 0.1) is 29.9 Å². The summed E-state index contributed by atoms with van der Waals surface area (Å²) in [6, 6.07) is 19.0. The molecular weight excluding hydrogens is 406 g/mol. The smallest absolute Gasteiger partial charge is 0.307 e. The fourth-order valence-corrected chi connectivity index (χ4v) is 4.10. The number of fused-ring (bicyclic) bond motifs is 1. The van der Waals surface area contributed by atoms with Gasteiger partial charge in [-0.3, -0.25) is 9.59 Å². The molecule has 7 nitrogen and oxygen atoms in total. The van der Waals surface area contributed by atoms with Crippen LogP contribution >= 0.6 is 0 Å². The van der Waals surface area contributed by atoms with Gasteiger partial charge in [0.15, 0.2) is 16.4 Å². The Labute approximate surface area is 174 Å². The number of benzene rings is 3. The van der Waals surface area contributed by atoms with E-state index in [1.165, 1.54) is 13.2 Å². The number of carbonyl (C=O) groups excluding carboxylic acids is 2. The maximum Gasteiger partial charge on any atom is 0.307 e. The minimum Gasteiger partial charge on any atom is -0.495 e. The molecule has 1 amide bonds. The number of hydrogen-bond donors (Lipinski definition) is 1. The summed E-state index contributed by atoms with van der Waals surface area (Å²) in [6.07, 6.45) is -0.350. The lowest BCUT2D eigenvalue weighted by Gasteiger charge is -2.10. The summed E-state index contributed by atoms with van der Waals surface area (Å²) in [7, 11) is -2.19. The van der Waals surface area contributed by atoms with Crippen molar-refractivity contribution in [3.8, 4) is 5.75 Å². The predicted octanol–water partition coefficient (Wildman–Crippen LogP) is 3.19. The molecule has 0 unspecified atom stereocenters. The minimum atomic E-state index is -3.66. The zero-order valence-electron chi connectivity index (χ0n) is 16.3. The SMILES string of the molecule is COc1ccccc1NC(=O)COC(=O)CCS(=O)(=O)c1ccc2ccccc2c1. The van der Waals surface area contributed by atoms with E-state index in [4.69, 9.17) is 9.47 Å². The third-order valence-electron chi connectivity index (χ3n) is 4.40. The molecule has 0 fully saturated rings. The number of methoxy groups -OCH3 is 1. The van der Waals surface area contributed by atoms with Crippen LogP contribution in [0.5, 0.6) is 5.75 Å². The molecule has 3 aromatic rings. The second-order valence-corrected chi connectivity index (χ2v) is 8.60. The number of rotatable bonds is 8. The summed E-state index contributed by atoms with van der Waals surface area (Å²) in [4.78, 5) is 24.0. The molecule has 0 aromatic heterocycles. The number of sulfone groups is 1. The second kappa shape index (κ2) is 9.41. The number of para-hydroxylation sites is 2. The number of nitrogens with one attached hydrogen (secondary N) is 1. The molecule has 0 spiro atoms. The summed E-state index contributed by atoms with van der Waals surface area (Å²) >= 11 is 0. The maximum atomic E-state index is 12.5. The Morgan fingerprint density at radius 3 is 2.40 bits per heavy atom. The van der Waals surface area contributed by atoms with Gasteiger partial charge in [-0.25, -0.2) is 8.42 Å². The van der Waals surface area contributed by atoms with Crippen LogP contribution in [0.25, 0.3) is 10.8 Å². The third kappa shape index (κ3) is 5.36. The van der Waals surface area contributed by atoms with E-state index in [1.54, 1.807) is 36.4 Å². The van der Waals surface area contributed by atoms with Gasteiger partial charge < -0.3 is 14.8 Å². The molecule has 30 heavy (non-hydrogen) atoms. The maximum absolute atomic E-state index is 12.5. The minimum absolute atomic E-state index is 0.142. The van der Waals surface area contributed by atoms with Gasteiger partial charge in [0.2, 0.25) is 0 Å². The first-order chi connectivity index (χ1) is 14.4. The van der Waals surface area contributed by atoms with Gasteiger partial charge >= 0.3 is 5.97 Å². The highest BCUT2D eigenvalue weighted by atomic mass is 32.2. The first kappa shape index (κ1) is 21.3. The highest BCUT2D eigenvalue weighted by Crippen LogP contribution is 2.23. The van der Waals surface area contributed by atoms with E-state index >= 15 is 0 Å². The Hall–Kier alpha value is -3.39. The van der Waals surface area contributed by atoms with E-state index in [2.05, 4.69) is 5.32 Å². The van der Waals surface area contributed by atoms with Crippen LogP contribution in [-0.2, 0) is 24.2 Å². The lowest BCUT2D eigenvalue weighted by molar-refractivity contribution is -0.146. The van der Waals surface area contributed by atoms with Crippen LogP contribution in [0.2, 0.25) is 0 Å². The molecule has 156 valence electrons. The number of esters is 1. The zero-order valence-corrected chi connectivity index (χ0v) is 17.1. The molecule has 0 saturated carbocycles. The van der Waals surface area contributed by atoms with Gasteiger partial charge in [-0.15, -0.1) is 0 Å². The summed E-state index contributed by atoms with van der Waals surface area (Å²) in [6.45, 7) is -0.521. The lowest BCUT2D eigenvalue weighted by Crippen LogP contribution is -2.22. The van der Waals surface area contributed by atoms with E-state index in [0.717, 1.165) is 10.8 Å². The van der Waals surface area contributed by atoms with Crippen LogP contribution in [0, 0.1) is 0 Å². The second-order valence-electron chi connectivity index (χ2n) is 6.49. The summed E-state index contributed by atoms with van der Waals surface area (Å²) in [5, 5.41) is 4.30. The van der Waals surface area contributed by atoms with Crippen molar-refractivity contribution in [2.24, 2.45) is 0 Å². The van der Waals surface area contributed by atoms with Crippen molar-refractivity contribution in [3.05, 3.63) is 66.7 Å². The van der Waals surface area contributed by atoms with Crippen LogP contribution in [0.15, 0.2) is 71.6 Å². The number of amides is 1. The van der Waals surface area contributed by atoms with E-state index in [9.17, 15) is 18.0 Å². The van der Waals surface area contributed by atoms with Crippen molar-refractivity contribution in [2.75, 3.05) is 24.8 Å². The van der Waals surface area contributed by atoms with Crippen LogP contribution in [-0.4, -0.2) is 39.8 Å². The first-order valence-corrected chi connectivity index (χ1v) is 10.8. The van der Waals surface area contributed by atoms with E-state index in [1.807, 2.05) is 24.3 Å². The van der Waals surface area contributed by atoms with Gasteiger partial charge in [0, 0.05) is 0 Å².